The topological polar surface area (TPSA) is 83.4 Å². The Labute approximate surface area is 180 Å². The van der Waals surface area contributed by atoms with Gasteiger partial charge < -0.3 is 20.4 Å². The predicted octanol–water partition coefficient (Wildman–Crippen LogP) is 5.25. The Bertz CT molecular complexity index is 1180. The summed E-state index contributed by atoms with van der Waals surface area (Å²) in [6.07, 6.45) is 1.45. The van der Waals surface area contributed by atoms with Gasteiger partial charge in [0.25, 0.3) is 5.91 Å². The number of rotatable bonds is 6. The van der Waals surface area contributed by atoms with Crippen molar-refractivity contribution < 1.29 is 14.0 Å². The molecule has 156 valence electrons. The summed E-state index contributed by atoms with van der Waals surface area (Å²) in [5.74, 6) is -0.0552. The monoisotopic (exact) mass is 413 g/mol. The van der Waals surface area contributed by atoms with E-state index in [4.69, 9.17) is 4.42 Å². The smallest absolute Gasteiger partial charge is 0.315 e. The minimum absolute atomic E-state index is 0.134. The van der Waals surface area contributed by atoms with E-state index in [-0.39, 0.29) is 23.7 Å². The highest BCUT2D eigenvalue weighted by Gasteiger charge is 2.12. The molecule has 0 fully saturated rings. The SMILES string of the molecule is C[C@@H](NC(=O)NCc1ccc(NC(=O)c2ccco2)cc1)c1cccc2ccccc12. The second-order valence-corrected chi connectivity index (χ2v) is 7.25. The summed E-state index contributed by atoms with van der Waals surface area (Å²) < 4.78 is 5.08. The third-order valence-corrected chi connectivity index (χ3v) is 5.05. The van der Waals surface area contributed by atoms with E-state index in [1.165, 1.54) is 6.26 Å². The third kappa shape index (κ3) is 4.93. The van der Waals surface area contributed by atoms with Crippen LogP contribution in [0, 0.1) is 0 Å². The van der Waals surface area contributed by atoms with Crippen molar-refractivity contribution in [1.29, 1.82) is 0 Å². The molecule has 31 heavy (non-hydrogen) atoms. The lowest BCUT2D eigenvalue weighted by molar-refractivity contribution is 0.0996. The van der Waals surface area contributed by atoms with Crippen molar-refractivity contribution in [1.82, 2.24) is 10.6 Å². The molecule has 0 aliphatic carbocycles. The normalized spacial score (nSPS) is 11.6. The first kappa shape index (κ1) is 20.2. The fraction of sp³-hybridized carbons (Fsp3) is 0.120. The molecule has 0 radical (unpaired) electrons. The zero-order valence-corrected chi connectivity index (χ0v) is 17.1. The van der Waals surface area contributed by atoms with Crippen LogP contribution < -0.4 is 16.0 Å². The van der Waals surface area contributed by atoms with Crippen LogP contribution in [0.2, 0.25) is 0 Å². The Morgan fingerprint density at radius 1 is 0.903 bits per heavy atom. The number of furan rings is 1. The number of carbonyl (C=O) groups excluding carboxylic acids is 2. The van der Waals surface area contributed by atoms with Crippen LogP contribution in [0.15, 0.2) is 89.5 Å². The molecule has 3 amide bonds. The van der Waals surface area contributed by atoms with E-state index in [1.807, 2.05) is 43.3 Å². The average molecular weight is 413 g/mol. The van der Waals surface area contributed by atoms with E-state index in [0.717, 1.165) is 21.9 Å². The summed E-state index contributed by atoms with van der Waals surface area (Å²) in [4.78, 5) is 24.4. The van der Waals surface area contributed by atoms with Crippen LogP contribution >= 0.6 is 0 Å². The Morgan fingerprint density at radius 3 is 2.45 bits per heavy atom. The van der Waals surface area contributed by atoms with Crippen molar-refractivity contribution >= 4 is 28.4 Å². The molecule has 0 spiro atoms. The fourth-order valence-corrected chi connectivity index (χ4v) is 3.44. The van der Waals surface area contributed by atoms with E-state index in [9.17, 15) is 9.59 Å². The molecule has 3 N–H and O–H groups in total. The zero-order valence-electron chi connectivity index (χ0n) is 17.1. The Kier molecular flexibility index (Phi) is 5.98. The summed E-state index contributed by atoms with van der Waals surface area (Å²) in [5, 5.41) is 10.9. The molecule has 0 aliphatic rings. The molecule has 1 aromatic heterocycles. The lowest BCUT2D eigenvalue weighted by Crippen LogP contribution is -2.36. The van der Waals surface area contributed by atoms with Crippen LogP contribution in [0.5, 0.6) is 0 Å². The van der Waals surface area contributed by atoms with Gasteiger partial charge in [-0.1, -0.05) is 54.6 Å². The van der Waals surface area contributed by atoms with Gasteiger partial charge in [0.15, 0.2) is 5.76 Å². The highest BCUT2D eigenvalue weighted by molar-refractivity contribution is 6.02. The molecule has 0 aliphatic heterocycles. The average Bonchev–Trinajstić information content (AvgIpc) is 3.33. The summed E-state index contributed by atoms with van der Waals surface area (Å²) in [5.41, 5.74) is 2.65. The molecule has 0 bridgehead atoms. The van der Waals surface area contributed by atoms with Crippen molar-refractivity contribution in [2.24, 2.45) is 0 Å². The number of amides is 3. The number of benzene rings is 3. The van der Waals surface area contributed by atoms with Crippen LogP contribution in [-0.4, -0.2) is 11.9 Å². The maximum atomic E-state index is 12.4. The fourth-order valence-electron chi connectivity index (χ4n) is 3.44. The summed E-state index contributed by atoms with van der Waals surface area (Å²) in [7, 11) is 0. The van der Waals surface area contributed by atoms with E-state index < -0.39 is 0 Å². The number of fused-ring (bicyclic) bond motifs is 1. The lowest BCUT2D eigenvalue weighted by Gasteiger charge is -2.17. The second kappa shape index (κ2) is 9.17. The molecule has 6 heteroatoms. The van der Waals surface area contributed by atoms with Gasteiger partial charge in [0.2, 0.25) is 0 Å². The lowest BCUT2D eigenvalue weighted by atomic mass is 10.00. The molecule has 1 atom stereocenters. The van der Waals surface area contributed by atoms with Crippen molar-refractivity contribution in [3.05, 3.63) is 102 Å². The van der Waals surface area contributed by atoms with Crippen molar-refractivity contribution in [2.75, 3.05) is 5.32 Å². The molecular weight excluding hydrogens is 390 g/mol. The first-order chi connectivity index (χ1) is 15.1. The van der Waals surface area contributed by atoms with Gasteiger partial charge in [0.1, 0.15) is 0 Å². The van der Waals surface area contributed by atoms with Gasteiger partial charge in [-0.2, -0.15) is 0 Å². The van der Waals surface area contributed by atoms with Crippen LogP contribution in [0.1, 0.15) is 34.6 Å². The summed E-state index contributed by atoms with van der Waals surface area (Å²) >= 11 is 0. The van der Waals surface area contributed by atoms with Crippen molar-refractivity contribution in [2.45, 2.75) is 19.5 Å². The van der Waals surface area contributed by atoms with Gasteiger partial charge in [-0.3, -0.25) is 4.79 Å². The first-order valence-corrected chi connectivity index (χ1v) is 10.1. The number of hydrogen-bond donors (Lipinski definition) is 3. The van der Waals surface area contributed by atoms with Crippen molar-refractivity contribution in [3.8, 4) is 0 Å². The molecule has 4 aromatic rings. The quantitative estimate of drug-likeness (QED) is 0.404. The third-order valence-electron chi connectivity index (χ3n) is 5.05. The number of urea groups is 1. The second-order valence-electron chi connectivity index (χ2n) is 7.25. The Morgan fingerprint density at radius 2 is 1.68 bits per heavy atom. The molecule has 1 heterocycles. The Hall–Kier alpha value is -4.06. The highest BCUT2D eigenvalue weighted by Crippen LogP contribution is 2.24. The first-order valence-electron chi connectivity index (χ1n) is 10.1. The number of nitrogens with one attached hydrogen (secondary N) is 3. The zero-order chi connectivity index (χ0) is 21.6. The van der Waals surface area contributed by atoms with Crippen LogP contribution in [0.4, 0.5) is 10.5 Å². The van der Waals surface area contributed by atoms with E-state index in [1.54, 1.807) is 24.3 Å². The van der Waals surface area contributed by atoms with Gasteiger partial charge in [-0.15, -0.1) is 0 Å². The van der Waals surface area contributed by atoms with Crippen LogP contribution in [-0.2, 0) is 6.54 Å². The number of hydrogen-bond acceptors (Lipinski definition) is 3. The highest BCUT2D eigenvalue weighted by atomic mass is 16.3. The Balaban J connectivity index is 1.31. The van der Waals surface area contributed by atoms with E-state index >= 15 is 0 Å². The maximum absolute atomic E-state index is 12.4. The minimum atomic E-state index is -0.308. The van der Waals surface area contributed by atoms with E-state index in [0.29, 0.717) is 12.2 Å². The molecule has 3 aromatic carbocycles. The van der Waals surface area contributed by atoms with Gasteiger partial charge >= 0.3 is 6.03 Å². The molecule has 0 saturated heterocycles. The van der Waals surface area contributed by atoms with Gasteiger partial charge in [-0.05, 0) is 53.1 Å². The molecule has 6 nitrogen and oxygen atoms in total. The van der Waals surface area contributed by atoms with Crippen LogP contribution in [0.3, 0.4) is 0 Å². The van der Waals surface area contributed by atoms with Crippen molar-refractivity contribution in [3.63, 3.8) is 0 Å². The summed E-state index contributed by atoms with van der Waals surface area (Å²) in [6, 6.07) is 24.4. The van der Waals surface area contributed by atoms with Gasteiger partial charge in [0, 0.05) is 12.2 Å². The maximum Gasteiger partial charge on any atom is 0.315 e. The molecule has 0 saturated carbocycles. The molecule has 0 unspecified atom stereocenters. The molecule has 4 rings (SSSR count). The minimum Gasteiger partial charge on any atom is -0.459 e. The van der Waals surface area contributed by atoms with Gasteiger partial charge in [-0.25, -0.2) is 4.79 Å². The standard InChI is InChI=1S/C25H23N3O3/c1-17(21-9-4-7-19-6-2-3-8-22(19)21)27-25(30)26-16-18-11-13-20(14-12-18)28-24(29)23-10-5-15-31-23/h2-15,17H,16H2,1H3,(H,28,29)(H2,26,27,30)/t17-/m1/s1. The summed E-state index contributed by atoms with van der Waals surface area (Å²) in [6.45, 7) is 2.35. The largest absolute Gasteiger partial charge is 0.459 e. The number of anilines is 1. The molecular formula is C25H23N3O3. The number of carbonyl (C=O) groups is 2. The van der Waals surface area contributed by atoms with Gasteiger partial charge in [0.05, 0.1) is 12.3 Å². The van der Waals surface area contributed by atoms with E-state index in [2.05, 4.69) is 34.1 Å². The van der Waals surface area contributed by atoms with Crippen LogP contribution in [0.25, 0.3) is 10.8 Å². The predicted molar refractivity (Wildman–Crippen MR) is 121 cm³/mol.